The third-order valence-corrected chi connectivity index (χ3v) is 8.94. The Morgan fingerprint density at radius 3 is 1.69 bits per heavy atom. The molecule has 252 valence electrons. The van der Waals surface area contributed by atoms with Gasteiger partial charge in [0.1, 0.15) is 11.5 Å². The zero-order valence-corrected chi connectivity index (χ0v) is 30.7. The summed E-state index contributed by atoms with van der Waals surface area (Å²) < 4.78 is 6.04. The smallest absolute Gasteiger partial charge is 0.478 e. The van der Waals surface area contributed by atoms with Crippen LogP contribution < -0.4 is 19.5 Å². The quantitative estimate of drug-likeness (QED) is 0.159. The summed E-state index contributed by atoms with van der Waals surface area (Å²) in [6, 6.07) is 31.6. The molecule has 0 atom stereocenters. The van der Waals surface area contributed by atoms with Gasteiger partial charge in [0.05, 0.1) is 34.0 Å². The zero-order valence-electron chi connectivity index (χ0n) is 27.7. The first-order chi connectivity index (χ1) is 25.9. The second-order valence-electron chi connectivity index (χ2n) is 12.2. The molecule has 0 aliphatic carbocycles. The number of nitrogens with zero attached hydrogens (tertiary/aromatic N) is 9. The van der Waals surface area contributed by atoms with Gasteiger partial charge in [0, 0.05) is 49.4 Å². The molecule has 8 aromatic rings. The summed E-state index contributed by atoms with van der Waals surface area (Å²) >= 11 is 0. The predicted molar refractivity (Wildman–Crippen MR) is 191 cm³/mol. The standard InChI is InChI=1S/C39H21N9O5.Zn/c49-38(50)19-15-20(39(51)52)17-22(16-19)53-21-13-14-27-29(18-21)37-45-35(27)43-33-24-8-2-1-7-23(24)31(41-33)40-32-25-9-3-4-10-26(25)34(42-32)44-36-28-11-5-6-12-30(28)48(46-36)47-37;/h1-18H,(H3,40,41,42,43,44,45,46,47,49,50,51,52);/q;+2/p-1. The Bertz CT molecular complexity index is 3050. The Hall–Kier alpha value is -7.25. The van der Waals surface area contributed by atoms with Gasteiger partial charge < -0.3 is 39.9 Å². The van der Waals surface area contributed by atoms with Crippen LogP contribution in [0.1, 0.15) is 20.7 Å². The predicted octanol–water partition coefficient (Wildman–Crippen LogP) is 5.92. The van der Waals surface area contributed by atoms with E-state index in [9.17, 15) is 19.8 Å². The number of rotatable bonds is 4. The molecule has 15 heteroatoms. The van der Waals surface area contributed by atoms with Crippen LogP contribution in [0.4, 0.5) is 0 Å². The van der Waals surface area contributed by atoms with Gasteiger partial charge in [0.2, 0.25) is 0 Å². The Morgan fingerprint density at radius 1 is 0.519 bits per heavy atom. The van der Waals surface area contributed by atoms with Crippen molar-refractivity contribution in [2.45, 2.75) is 0 Å². The first kappa shape index (κ1) is 32.6. The van der Waals surface area contributed by atoms with Gasteiger partial charge in [0.25, 0.3) is 5.69 Å². The fourth-order valence-electron chi connectivity index (χ4n) is 6.50. The van der Waals surface area contributed by atoms with Gasteiger partial charge in [-0.15, -0.1) is 0 Å². The van der Waals surface area contributed by atoms with Crippen LogP contribution in [0, 0.1) is 0 Å². The van der Waals surface area contributed by atoms with Crippen molar-refractivity contribution in [3.05, 3.63) is 120 Å². The van der Waals surface area contributed by atoms with E-state index >= 15 is 0 Å². The Balaban J connectivity index is 0.00000384. The van der Waals surface area contributed by atoms with Crippen molar-refractivity contribution in [1.29, 1.82) is 0 Å². The van der Waals surface area contributed by atoms with Crippen molar-refractivity contribution >= 4 is 56.1 Å². The van der Waals surface area contributed by atoms with E-state index < -0.39 is 11.9 Å². The van der Waals surface area contributed by atoms with Crippen LogP contribution in [0.15, 0.2) is 109 Å². The summed E-state index contributed by atoms with van der Waals surface area (Å²) in [5.41, 5.74) is 3.97. The van der Waals surface area contributed by atoms with E-state index in [0.717, 1.165) is 33.5 Å². The van der Waals surface area contributed by atoms with Crippen molar-refractivity contribution in [2.75, 3.05) is 0 Å². The van der Waals surface area contributed by atoms with E-state index in [-0.39, 0.29) is 47.8 Å². The van der Waals surface area contributed by atoms with Crippen molar-refractivity contribution < 1.29 is 48.8 Å². The van der Waals surface area contributed by atoms with Gasteiger partial charge in [-0.25, -0.2) is 14.6 Å². The largest absolute Gasteiger partial charge is 2.00 e. The maximum Gasteiger partial charge on any atom is 2.00 e. The van der Waals surface area contributed by atoms with Gasteiger partial charge in [-0.05, 0) is 58.6 Å². The number of carboxylic acids is 2. The van der Waals surface area contributed by atoms with E-state index in [2.05, 4.69) is 0 Å². The summed E-state index contributed by atoms with van der Waals surface area (Å²) in [5, 5.41) is 31.6. The van der Waals surface area contributed by atoms with Gasteiger partial charge in [-0.3, -0.25) is 0 Å². The van der Waals surface area contributed by atoms with Crippen LogP contribution >= 0.6 is 0 Å². The molecule has 0 unspecified atom stereocenters. The van der Waals surface area contributed by atoms with E-state index in [1.54, 1.807) is 18.2 Å². The molecule has 3 aromatic heterocycles. The molecule has 2 N–H and O–H groups in total. The summed E-state index contributed by atoms with van der Waals surface area (Å²) in [4.78, 5) is 54.3. The number of hydrogen-bond donors (Lipinski definition) is 2. The van der Waals surface area contributed by atoms with Crippen molar-refractivity contribution in [3.8, 4) is 51.3 Å². The number of para-hydroxylation sites is 1. The number of ether oxygens (including phenoxy) is 1. The van der Waals surface area contributed by atoms with Crippen LogP contribution in [0.3, 0.4) is 0 Å². The Kier molecular flexibility index (Phi) is 7.53. The molecule has 5 aromatic carbocycles. The Labute approximate surface area is 315 Å². The molecule has 10 rings (SSSR count). The molecule has 5 heterocycles. The van der Waals surface area contributed by atoms with Crippen molar-refractivity contribution in [2.24, 2.45) is 0 Å². The number of carbonyl (C=O) groups is 2. The van der Waals surface area contributed by atoms with E-state index in [1.807, 2.05) is 72.8 Å². The summed E-state index contributed by atoms with van der Waals surface area (Å²) in [5.74, 6) is -1.04. The molecule has 0 amide bonds. The first-order valence-electron chi connectivity index (χ1n) is 16.2. The number of hydrogen-bond acceptors (Lipinski definition) is 9. The van der Waals surface area contributed by atoms with Gasteiger partial charge >= 0.3 is 31.4 Å². The number of fused-ring (bicyclic) bond motifs is 20. The second kappa shape index (κ2) is 12.5. The molecule has 0 radical (unpaired) electrons. The average Bonchev–Trinajstić information content (AvgIpc) is 3.90. The Morgan fingerprint density at radius 2 is 1.06 bits per heavy atom. The first-order valence-corrected chi connectivity index (χ1v) is 16.2. The minimum Gasteiger partial charge on any atom is -0.478 e. The molecular weight excluding hydrogens is 740 g/mol. The topological polar surface area (TPSA) is 193 Å². The fourth-order valence-corrected chi connectivity index (χ4v) is 6.50. The maximum absolute atomic E-state index is 11.7. The normalized spacial score (nSPS) is 11.5. The second-order valence-corrected chi connectivity index (χ2v) is 12.2. The zero-order chi connectivity index (χ0) is 35.8. The van der Waals surface area contributed by atoms with Gasteiger partial charge in [0.15, 0.2) is 5.82 Å². The molecule has 0 saturated heterocycles. The van der Waals surface area contributed by atoms with Crippen LogP contribution in [-0.2, 0) is 19.5 Å². The number of benzene rings is 5. The third kappa shape index (κ3) is 5.33. The van der Waals surface area contributed by atoms with Crippen LogP contribution in [-0.4, -0.2) is 52.3 Å². The van der Waals surface area contributed by atoms with Crippen LogP contribution in [0.5, 0.6) is 11.5 Å². The molecule has 8 bridgehead atoms. The van der Waals surface area contributed by atoms with E-state index in [0.29, 0.717) is 50.9 Å². The fraction of sp³-hybridized carbons (Fsp3) is 0. The average molecular weight is 760 g/mol. The minimum absolute atomic E-state index is 0. The van der Waals surface area contributed by atoms with Crippen LogP contribution in [0.2, 0.25) is 0 Å². The molecule has 2 aliphatic heterocycles. The number of aromatic nitrogens is 9. The minimum atomic E-state index is -1.29. The molecule has 0 fully saturated rings. The molecule has 54 heavy (non-hydrogen) atoms. The van der Waals surface area contributed by atoms with Crippen LogP contribution in [0.25, 0.3) is 84.0 Å². The monoisotopic (exact) mass is 758 g/mol. The SMILES string of the molecule is O=C(O)c1cc(Oc2ccc3c4nc5nc(nc6[n-]c(nc7n[n+](nc([n-]4)c3c2)-c2ccccc2-7)c2ccccc62)-c2ccccc2-5)cc(C(=O)O)c1.[Zn+2]. The van der Waals surface area contributed by atoms with Gasteiger partial charge in [-0.2, -0.15) is 0 Å². The summed E-state index contributed by atoms with van der Waals surface area (Å²) in [6.07, 6.45) is 0. The summed E-state index contributed by atoms with van der Waals surface area (Å²) in [6.45, 7) is 0. The summed E-state index contributed by atoms with van der Waals surface area (Å²) in [7, 11) is 0. The number of aromatic carboxylic acids is 2. The van der Waals surface area contributed by atoms with E-state index in [4.69, 9.17) is 44.8 Å². The number of carboxylic acid groups (broad SMARTS) is 2. The third-order valence-electron chi connectivity index (χ3n) is 8.94. The molecule has 0 saturated carbocycles. The maximum atomic E-state index is 11.7. The molecule has 2 aliphatic rings. The molecular formula is C39H20N9O5Zn+. The molecule has 0 spiro atoms. The van der Waals surface area contributed by atoms with E-state index in [1.165, 1.54) is 16.9 Å². The van der Waals surface area contributed by atoms with Crippen molar-refractivity contribution in [3.63, 3.8) is 0 Å². The van der Waals surface area contributed by atoms with Crippen molar-refractivity contribution in [1.82, 2.24) is 40.1 Å². The van der Waals surface area contributed by atoms with Gasteiger partial charge in [-0.1, -0.05) is 65.8 Å². The molecule has 14 nitrogen and oxygen atoms in total.